The van der Waals surface area contributed by atoms with Gasteiger partial charge in [0.15, 0.2) is 0 Å². The average Bonchev–Trinajstić information content (AvgIpc) is 3.00. The second-order valence-electron chi connectivity index (χ2n) is 4.67. The Hall–Kier alpha value is -3.39. The molecule has 0 aliphatic carbocycles. The van der Waals surface area contributed by atoms with Gasteiger partial charge >= 0.3 is 5.97 Å². The lowest BCUT2D eigenvalue weighted by Crippen LogP contribution is -1.97. The molecule has 3 aromatic rings. The molecule has 5 nitrogen and oxygen atoms in total. The van der Waals surface area contributed by atoms with Crippen molar-refractivity contribution in [1.82, 2.24) is 9.55 Å². The summed E-state index contributed by atoms with van der Waals surface area (Å²) in [5.41, 5.74) is 2.98. The fourth-order valence-electron chi connectivity index (χ4n) is 2.20. The Kier molecular flexibility index (Phi) is 3.42. The van der Waals surface area contributed by atoms with Crippen molar-refractivity contribution in [3.63, 3.8) is 0 Å². The van der Waals surface area contributed by atoms with Crippen LogP contribution >= 0.6 is 0 Å². The summed E-state index contributed by atoms with van der Waals surface area (Å²) in [5, 5.41) is 18.2. The van der Waals surface area contributed by atoms with Gasteiger partial charge in [0, 0.05) is 29.8 Å². The van der Waals surface area contributed by atoms with Crippen molar-refractivity contribution in [3.8, 4) is 23.0 Å². The predicted octanol–water partition coefficient (Wildman–Crippen LogP) is 3.11. The SMILES string of the molecule is N#Cc1cn(-c2ccc(C(=O)O)cc2)cc1-c1ccccn1. The lowest BCUT2D eigenvalue weighted by Gasteiger charge is -2.03. The van der Waals surface area contributed by atoms with Crippen LogP contribution < -0.4 is 0 Å². The van der Waals surface area contributed by atoms with Gasteiger partial charge in [-0.1, -0.05) is 6.07 Å². The third kappa shape index (κ3) is 2.45. The molecule has 2 aromatic heterocycles. The number of aromatic nitrogens is 2. The molecular formula is C17H11N3O2. The number of carboxylic acid groups (broad SMARTS) is 1. The summed E-state index contributed by atoms with van der Waals surface area (Å²) in [6, 6.07) is 14.1. The Labute approximate surface area is 126 Å². The molecule has 0 saturated carbocycles. The van der Waals surface area contributed by atoms with E-state index in [2.05, 4.69) is 11.1 Å². The molecule has 0 bridgehead atoms. The number of nitrogens with zero attached hydrogens (tertiary/aromatic N) is 3. The van der Waals surface area contributed by atoms with Gasteiger partial charge < -0.3 is 9.67 Å². The first-order valence-corrected chi connectivity index (χ1v) is 6.56. The van der Waals surface area contributed by atoms with E-state index in [9.17, 15) is 10.1 Å². The largest absolute Gasteiger partial charge is 0.478 e. The zero-order valence-corrected chi connectivity index (χ0v) is 11.5. The minimum absolute atomic E-state index is 0.223. The molecule has 0 unspecified atom stereocenters. The van der Waals surface area contributed by atoms with E-state index in [0.29, 0.717) is 5.56 Å². The van der Waals surface area contributed by atoms with Crippen molar-refractivity contribution < 1.29 is 9.90 Å². The van der Waals surface area contributed by atoms with Gasteiger partial charge in [-0.25, -0.2) is 4.79 Å². The first-order chi connectivity index (χ1) is 10.7. The van der Waals surface area contributed by atoms with Crippen LogP contribution in [0, 0.1) is 11.3 Å². The van der Waals surface area contributed by atoms with Crippen LogP contribution in [-0.2, 0) is 0 Å². The second kappa shape index (κ2) is 5.54. The zero-order chi connectivity index (χ0) is 15.5. The lowest BCUT2D eigenvalue weighted by atomic mass is 10.1. The number of carboxylic acids is 1. The van der Waals surface area contributed by atoms with E-state index in [0.717, 1.165) is 16.9 Å². The Morgan fingerprint density at radius 2 is 1.91 bits per heavy atom. The molecule has 0 saturated heterocycles. The maximum absolute atomic E-state index is 10.9. The van der Waals surface area contributed by atoms with Gasteiger partial charge in [-0.15, -0.1) is 0 Å². The van der Waals surface area contributed by atoms with Crippen LogP contribution in [0.2, 0.25) is 0 Å². The highest BCUT2D eigenvalue weighted by molar-refractivity contribution is 5.87. The first-order valence-electron chi connectivity index (χ1n) is 6.56. The summed E-state index contributed by atoms with van der Waals surface area (Å²) in [7, 11) is 0. The number of benzene rings is 1. The van der Waals surface area contributed by atoms with Crippen LogP contribution in [-0.4, -0.2) is 20.6 Å². The van der Waals surface area contributed by atoms with Gasteiger partial charge in [0.2, 0.25) is 0 Å². The van der Waals surface area contributed by atoms with E-state index in [-0.39, 0.29) is 5.56 Å². The van der Waals surface area contributed by atoms with Gasteiger partial charge in [-0.05, 0) is 36.4 Å². The number of hydrogen-bond donors (Lipinski definition) is 1. The molecule has 0 spiro atoms. The monoisotopic (exact) mass is 289 g/mol. The lowest BCUT2D eigenvalue weighted by molar-refractivity contribution is 0.0697. The molecular weight excluding hydrogens is 278 g/mol. The van der Waals surface area contributed by atoms with Crippen molar-refractivity contribution in [2.75, 3.05) is 0 Å². The fourth-order valence-corrected chi connectivity index (χ4v) is 2.20. The molecule has 0 radical (unpaired) electrons. The molecule has 1 N–H and O–H groups in total. The van der Waals surface area contributed by atoms with E-state index in [1.165, 1.54) is 12.1 Å². The number of hydrogen-bond acceptors (Lipinski definition) is 3. The Bertz CT molecular complexity index is 859. The number of nitriles is 1. The third-order valence-corrected chi connectivity index (χ3v) is 3.30. The quantitative estimate of drug-likeness (QED) is 0.803. The van der Waals surface area contributed by atoms with Crippen molar-refractivity contribution in [2.45, 2.75) is 0 Å². The van der Waals surface area contributed by atoms with E-state index in [1.807, 2.05) is 24.4 Å². The van der Waals surface area contributed by atoms with E-state index >= 15 is 0 Å². The minimum atomic E-state index is -0.967. The summed E-state index contributed by atoms with van der Waals surface area (Å²) >= 11 is 0. The Balaban J connectivity index is 2.04. The van der Waals surface area contributed by atoms with Gasteiger partial charge in [-0.3, -0.25) is 4.98 Å². The molecule has 22 heavy (non-hydrogen) atoms. The standard InChI is InChI=1S/C17H11N3O2/c18-9-13-10-20(11-15(13)16-3-1-2-8-19-16)14-6-4-12(5-7-14)17(21)22/h1-8,10-11H,(H,21,22). The molecule has 1 aromatic carbocycles. The number of rotatable bonds is 3. The van der Waals surface area contributed by atoms with Crippen LogP contribution in [0.25, 0.3) is 16.9 Å². The van der Waals surface area contributed by atoms with Gasteiger partial charge in [0.1, 0.15) is 6.07 Å². The fraction of sp³-hybridized carbons (Fsp3) is 0. The van der Waals surface area contributed by atoms with E-state index < -0.39 is 5.97 Å². The number of aromatic carboxylic acids is 1. The van der Waals surface area contributed by atoms with Gasteiger partial charge in [-0.2, -0.15) is 5.26 Å². The smallest absolute Gasteiger partial charge is 0.335 e. The molecule has 5 heteroatoms. The molecule has 3 rings (SSSR count). The van der Waals surface area contributed by atoms with Crippen LogP contribution in [0.3, 0.4) is 0 Å². The van der Waals surface area contributed by atoms with Crippen LogP contribution in [0.1, 0.15) is 15.9 Å². The third-order valence-electron chi connectivity index (χ3n) is 3.30. The molecule has 106 valence electrons. The maximum atomic E-state index is 10.9. The van der Waals surface area contributed by atoms with Crippen molar-refractivity contribution in [1.29, 1.82) is 5.26 Å². The van der Waals surface area contributed by atoms with Crippen molar-refractivity contribution in [2.24, 2.45) is 0 Å². The summed E-state index contributed by atoms with van der Waals surface area (Å²) in [4.78, 5) is 15.1. The summed E-state index contributed by atoms with van der Waals surface area (Å²) in [5.74, 6) is -0.967. The molecule has 0 fully saturated rings. The molecule has 2 heterocycles. The zero-order valence-electron chi connectivity index (χ0n) is 11.5. The van der Waals surface area contributed by atoms with Crippen LogP contribution in [0.4, 0.5) is 0 Å². The molecule has 0 amide bonds. The number of carbonyl (C=O) groups is 1. The minimum Gasteiger partial charge on any atom is -0.478 e. The van der Waals surface area contributed by atoms with Gasteiger partial charge in [0.25, 0.3) is 0 Å². The normalized spacial score (nSPS) is 10.1. The van der Waals surface area contributed by atoms with Crippen molar-refractivity contribution in [3.05, 3.63) is 72.2 Å². The van der Waals surface area contributed by atoms with Crippen LogP contribution in [0.5, 0.6) is 0 Å². The number of pyridine rings is 1. The molecule has 0 atom stereocenters. The summed E-state index contributed by atoms with van der Waals surface area (Å²) in [6.45, 7) is 0. The van der Waals surface area contributed by atoms with E-state index in [1.54, 1.807) is 29.1 Å². The highest BCUT2D eigenvalue weighted by Gasteiger charge is 2.11. The highest BCUT2D eigenvalue weighted by Crippen LogP contribution is 2.24. The second-order valence-corrected chi connectivity index (χ2v) is 4.67. The summed E-state index contributed by atoms with van der Waals surface area (Å²) in [6.07, 6.45) is 5.20. The summed E-state index contributed by atoms with van der Waals surface area (Å²) < 4.78 is 1.79. The average molecular weight is 289 g/mol. The highest BCUT2D eigenvalue weighted by atomic mass is 16.4. The predicted molar refractivity (Wildman–Crippen MR) is 80.7 cm³/mol. The van der Waals surface area contributed by atoms with Gasteiger partial charge in [0.05, 0.1) is 16.8 Å². The molecule has 0 aliphatic heterocycles. The Morgan fingerprint density at radius 3 is 2.50 bits per heavy atom. The molecule has 0 aliphatic rings. The Morgan fingerprint density at radius 1 is 1.14 bits per heavy atom. The van der Waals surface area contributed by atoms with Crippen LogP contribution in [0.15, 0.2) is 61.1 Å². The first kappa shape index (κ1) is 13.6. The van der Waals surface area contributed by atoms with E-state index in [4.69, 9.17) is 5.11 Å². The maximum Gasteiger partial charge on any atom is 0.335 e. The van der Waals surface area contributed by atoms with Crippen molar-refractivity contribution >= 4 is 5.97 Å². The topological polar surface area (TPSA) is 78.9 Å².